The highest BCUT2D eigenvalue weighted by Gasteiger charge is 2.34. The van der Waals surface area contributed by atoms with E-state index >= 15 is 0 Å². The lowest BCUT2D eigenvalue weighted by molar-refractivity contribution is -0.130. The Balaban J connectivity index is 1.33. The molecular formula is C32H30N4O5S2. The van der Waals surface area contributed by atoms with Gasteiger partial charge in [-0.2, -0.15) is 5.10 Å². The highest BCUT2D eigenvalue weighted by Crippen LogP contribution is 2.36. The van der Waals surface area contributed by atoms with Gasteiger partial charge in [0.2, 0.25) is 0 Å². The molecule has 3 heterocycles. The zero-order valence-corrected chi connectivity index (χ0v) is 25.6. The summed E-state index contributed by atoms with van der Waals surface area (Å²) in [6.07, 6.45) is 1.26. The van der Waals surface area contributed by atoms with Crippen molar-refractivity contribution in [2.24, 2.45) is 5.10 Å². The molecule has 1 unspecified atom stereocenters. The third-order valence-corrected chi connectivity index (χ3v) is 9.44. The molecule has 0 saturated heterocycles. The molecule has 11 heteroatoms. The first-order valence-corrected chi connectivity index (χ1v) is 15.7. The Labute approximate surface area is 257 Å². The van der Waals surface area contributed by atoms with E-state index in [2.05, 4.69) is 0 Å². The number of aryl methyl sites for hydroxylation is 1. The number of nitrogens with zero attached hydrogens (tertiary/aromatic N) is 4. The molecule has 4 aromatic rings. The molecule has 2 aliphatic rings. The van der Waals surface area contributed by atoms with Gasteiger partial charge in [0.05, 0.1) is 55.1 Å². The van der Waals surface area contributed by atoms with Crippen molar-refractivity contribution in [3.05, 3.63) is 100.0 Å². The maximum atomic E-state index is 13.9. The molecule has 0 N–H and O–H groups in total. The second kappa shape index (κ2) is 12.6. The van der Waals surface area contributed by atoms with E-state index < -0.39 is 0 Å². The molecule has 9 nitrogen and oxygen atoms in total. The number of hydrogen-bond donors (Lipinski definition) is 0. The lowest BCUT2D eigenvalue weighted by Crippen LogP contribution is -2.29. The minimum atomic E-state index is -0.295. The molecule has 0 aliphatic carbocycles. The third kappa shape index (κ3) is 5.74. The number of hydrogen-bond acceptors (Lipinski definition) is 9. The second-order valence-electron chi connectivity index (χ2n) is 9.88. The second-order valence-corrected chi connectivity index (χ2v) is 11.9. The molecule has 0 bridgehead atoms. The minimum Gasteiger partial charge on any atom is -0.497 e. The fraction of sp³-hybridized carbons (Fsp3) is 0.250. The first-order valence-electron chi connectivity index (χ1n) is 13.7. The summed E-state index contributed by atoms with van der Waals surface area (Å²) in [5.74, 6) is 2.69. The van der Waals surface area contributed by atoms with Crippen molar-refractivity contribution >= 4 is 35.1 Å². The standard InChI is InChI=1S/C32H30N4O5S2/c1-39-22-12-8-20(9-13-22)25-18-27(21-10-14-23(40-2)15-11-21)36(34-25)29(37)19-43-32-33-24-16-17-42-30(24)31(38)35(32)26-6-4-5-7-28(26)41-3/h4-15,27H,16-19H2,1-3H3. The van der Waals surface area contributed by atoms with Crippen molar-refractivity contribution in [3.8, 4) is 22.9 Å². The van der Waals surface area contributed by atoms with E-state index in [0.717, 1.165) is 39.8 Å². The van der Waals surface area contributed by atoms with Gasteiger partial charge in [0.25, 0.3) is 11.5 Å². The first kappa shape index (κ1) is 28.9. The Kier molecular flexibility index (Phi) is 8.44. The lowest BCUT2D eigenvalue weighted by Gasteiger charge is -2.22. The van der Waals surface area contributed by atoms with Gasteiger partial charge >= 0.3 is 0 Å². The van der Waals surface area contributed by atoms with Crippen LogP contribution in [-0.4, -0.2) is 59.0 Å². The van der Waals surface area contributed by atoms with E-state index in [1.807, 2.05) is 66.7 Å². The average molecular weight is 615 g/mol. The van der Waals surface area contributed by atoms with Crippen LogP contribution in [0.5, 0.6) is 17.2 Å². The smallest absolute Gasteiger partial charge is 0.272 e. The molecule has 1 amide bonds. The summed E-state index contributed by atoms with van der Waals surface area (Å²) < 4.78 is 17.8. The number of para-hydroxylation sites is 2. The summed E-state index contributed by atoms with van der Waals surface area (Å²) in [6.45, 7) is 0. The number of methoxy groups -OCH3 is 3. The number of carbonyl (C=O) groups is 1. The van der Waals surface area contributed by atoms with Gasteiger partial charge in [-0.05, 0) is 59.7 Å². The van der Waals surface area contributed by atoms with Crippen molar-refractivity contribution < 1.29 is 19.0 Å². The summed E-state index contributed by atoms with van der Waals surface area (Å²) in [4.78, 5) is 33.1. The fourth-order valence-corrected chi connectivity index (χ4v) is 7.09. The summed E-state index contributed by atoms with van der Waals surface area (Å²) in [7, 11) is 4.82. The quantitative estimate of drug-likeness (QED) is 0.183. The van der Waals surface area contributed by atoms with Gasteiger partial charge in [0, 0.05) is 18.6 Å². The van der Waals surface area contributed by atoms with Gasteiger partial charge in [-0.1, -0.05) is 36.0 Å². The van der Waals surface area contributed by atoms with Gasteiger partial charge < -0.3 is 14.2 Å². The number of benzene rings is 3. The summed E-state index contributed by atoms with van der Waals surface area (Å²) in [5, 5.41) is 6.82. The van der Waals surface area contributed by atoms with Gasteiger partial charge in [-0.25, -0.2) is 9.99 Å². The van der Waals surface area contributed by atoms with E-state index in [1.54, 1.807) is 37.0 Å². The van der Waals surface area contributed by atoms with Crippen molar-refractivity contribution in [2.75, 3.05) is 32.8 Å². The van der Waals surface area contributed by atoms with E-state index in [9.17, 15) is 9.59 Å². The van der Waals surface area contributed by atoms with Crippen LogP contribution in [0.3, 0.4) is 0 Å². The van der Waals surface area contributed by atoms with Crippen LogP contribution in [-0.2, 0) is 11.2 Å². The number of hydrazone groups is 1. The predicted octanol–water partition coefficient (Wildman–Crippen LogP) is 5.38. The Morgan fingerprint density at radius 2 is 1.65 bits per heavy atom. The number of rotatable bonds is 9. The molecular weight excluding hydrogens is 585 g/mol. The van der Waals surface area contributed by atoms with Crippen LogP contribution < -0.4 is 19.8 Å². The van der Waals surface area contributed by atoms with Crippen LogP contribution in [0.25, 0.3) is 5.69 Å². The highest BCUT2D eigenvalue weighted by molar-refractivity contribution is 8.00. The van der Waals surface area contributed by atoms with Crippen LogP contribution in [0.1, 0.15) is 29.3 Å². The predicted molar refractivity (Wildman–Crippen MR) is 168 cm³/mol. The van der Waals surface area contributed by atoms with E-state index in [-0.39, 0.29) is 23.3 Å². The fourth-order valence-electron chi connectivity index (χ4n) is 5.19. The van der Waals surface area contributed by atoms with Gasteiger partial charge in [-0.15, -0.1) is 11.8 Å². The Bertz CT molecular complexity index is 1740. The van der Waals surface area contributed by atoms with Crippen molar-refractivity contribution in [1.29, 1.82) is 0 Å². The lowest BCUT2D eigenvalue weighted by atomic mass is 9.98. The number of carbonyl (C=O) groups excluding carboxylic acids is 1. The molecule has 0 spiro atoms. The minimum absolute atomic E-state index is 0.0412. The molecule has 220 valence electrons. The zero-order valence-electron chi connectivity index (χ0n) is 24.0. The third-order valence-electron chi connectivity index (χ3n) is 7.41. The normalized spacial score (nSPS) is 15.7. The summed E-state index contributed by atoms with van der Waals surface area (Å²) >= 11 is 2.75. The van der Waals surface area contributed by atoms with E-state index in [1.165, 1.54) is 23.5 Å². The Hall–Kier alpha value is -4.22. The van der Waals surface area contributed by atoms with Gasteiger partial charge in [0.1, 0.15) is 17.2 Å². The summed E-state index contributed by atoms with van der Waals surface area (Å²) in [6, 6.07) is 22.4. The summed E-state index contributed by atoms with van der Waals surface area (Å²) in [5.41, 5.74) is 3.89. The van der Waals surface area contributed by atoms with Gasteiger partial charge in [0.15, 0.2) is 5.16 Å². The molecule has 3 aromatic carbocycles. The molecule has 6 rings (SSSR count). The zero-order chi connectivity index (χ0) is 29.9. The topological polar surface area (TPSA) is 95.2 Å². The van der Waals surface area contributed by atoms with Crippen molar-refractivity contribution in [3.63, 3.8) is 0 Å². The van der Waals surface area contributed by atoms with Crippen LogP contribution in [0.15, 0.2) is 92.7 Å². The van der Waals surface area contributed by atoms with Crippen LogP contribution in [0.4, 0.5) is 0 Å². The van der Waals surface area contributed by atoms with Crippen LogP contribution in [0, 0.1) is 0 Å². The molecule has 0 fully saturated rings. The maximum absolute atomic E-state index is 13.9. The molecule has 0 radical (unpaired) electrons. The van der Waals surface area contributed by atoms with E-state index in [0.29, 0.717) is 34.3 Å². The number of ether oxygens (including phenoxy) is 3. The monoisotopic (exact) mass is 614 g/mol. The van der Waals surface area contributed by atoms with Crippen molar-refractivity contribution in [1.82, 2.24) is 14.6 Å². The molecule has 1 aromatic heterocycles. The van der Waals surface area contributed by atoms with Gasteiger partial charge in [-0.3, -0.25) is 14.2 Å². The number of thioether (sulfide) groups is 2. The Morgan fingerprint density at radius 1 is 0.953 bits per heavy atom. The van der Waals surface area contributed by atoms with Crippen LogP contribution >= 0.6 is 23.5 Å². The molecule has 1 atom stereocenters. The SMILES string of the molecule is COc1ccc(C2=NN(C(=O)CSc3nc4c(c(=O)n3-c3ccccc3OC)SCC4)C(c3ccc(OC)cc3)C2)cc1. The highest BCUT2D eigenvalue weighted by atomic mass is 32.2. The van der Waals surface area contributed by atoms with E-state index in [4.69, 9.17) is 24.3 Å². The molecule has 43 heavy (non-hydrogen) atoms. The molecule has 2 aliphatic heterocycles. The maximum Gasteiger partial charge on any atom is 0.272 e. The number of aromatic nitrogens is 2. The Morgan fingerprint density at radius 3 is 2.35 bits per heavy atom. The first-order chi connectivity index (χ1) is 21.0. The average Bonchev–Trinajstić information content (AvgIpc) is 3.72. The van der Waals surface area contributed by atoms with Crippen LogP contribution in [0.2, 0.25) is 0 Å². The largest absolute Gasteiger partial charge is 0.497 e. The van der Waals surface area contributed by atoms with Crippen molar-refractivity contribution in [2.45, 2.75) is 28.9 Å². The number of amides is 1. The number of fused-ring (bicyclic) bond motifs is 1. The molecule has 0 saturated carbocycles.